The van der Waals surface area contributed by atoms with Crippen LogP contribution in [0.3, 0.4) is 0 Å². The molecule has 0 spiro atoms. The quantitative estimate of drug-likeness (QED) is 0.896. The number of oxazole rings is 1. The predicted molar refractivity (Wildman–Crippen MR) is 59.1 cm³/mol. The first-order chi connectivity index (χ1) is 6.66. The van der Waals surface area contributed by atoms with E-state index in [1.54, 1.807) is 0 Å². The minimum atomic E-state index is 0.159. The van der Waals surface area contributed by atoms with Gasteiger partial charge in [-0.15, -0.1) is 0 Å². The minimum absolute atomic E-state index is 0.159. The summed E-state index contributed by atoms with van der Waals surface area (Å²) in [4.78, 5) is 4.11. The third-order valence-electron chi connectivity index (χ3n) is 2.00. The third-order valence-corrected chi connectivity index (χ3v) is 2.59. The highest BCUT2D eigenvalue weighted by Crippen LogP contribution is 2.25. The Kier molecular flexibility index (Phi) is 2.56. The van der Waals surface area contributed by atoms with Gasteiger partial charge in [-0.25, -0.2) is 4.98 Å². The van der Waals surface area contributed by atoms with Gasteiger partial charge in [0.15, 0.2) is 12.0 Å². The van der Waals surface area contributed by atoms with E-state index in [2.05, 4.69) is 20.9 Å². The van der Waals surface area contributed by atoms with Crippen LogP contribution in [0.25, 0.3) is 11.1 Å². The molecule has 4 heteroatoms. The summed E-state index contributed by atoms with van der Waals surface area (Å²) in [6.07, 6.45) is 2.30. The van der Waals surface area contributed by atoms with Crippen LogP contribution in [0.2, 0.25) is 0 Å². The van der Waals surface area contributed by atoms with Crippen molar-refractivity contribution in [3.63, 3.8) is 0 Å². The van der Waals surface area contributed by atoms with Crippen LogP contribution in [0.4, 0.5) is 0 Å². The molecule has 0 bridgehead atoms. The molecule has 1 heterocycles. The van der Waals surface area contributed by atoms with Crippen LogP contribution >= 0.6 is 15.9 Å². The molecule has 14 heavy (non-hydrogen) atoms. The van der Waals surface area contributed by atoms with Crippen LogP contribution in [0.5, 0.6) is 0 Å². The Morgan fingerprint density at radius 2 is 2.36 bits per heavy atom. The molecule has 0 saturated heterocycles. The Morgan fingerprint density at radius 3 is 3.07 bits per heavy atom. The first-order valence-electron chi connectivity index (χ1n) is 4.44. The molecular formula is C10H11BrN2O. The first-order valence-corrected chi connectivity index (χ1v) is 5.23. The summed E-state index contributed by atoms with van der Waals surface area (Å²) in [6, 6.07) is 4.19. The number of aromatic nitrogens is 1. The van der Waals surface area contributed by atoms with Gasteiger partial charge in [0.05, 0.1) is 4.47 Å². The van der Waals surface area contributed by atoms with Gasteiger partial charge in [0, 0.05) is 6.04 Å². The van der Waals surface area contributed by atoms with E-state index in [1.165, 1.54) is 12.0 Å². The molecule has 0 fully saturated rings. The van der Waals surface area contributed by atoms with Gasteiger partial charge in [-0.1, -0.05) is 0 Å². The van der Waals surface area contributed by atoms with Gasteiger partial charge in [0.2, 0.25) is 0 Å². The second-order valence-electron chi connectivity index (χ2n) is 3.46. The van der Waals surface area contributed by atoms with E-state index in [9.17, 15) is 0 Å². The summed E-state index contributed by atoms with van der Waals surface area (Å²) in [5.74, 6) is 0. The normalized spacial score (nSPS) is 13.4. The van der Waals surface area contributed by atoms with Gasteiger partial charge in [-0.3, -0.25) is 0 Å². The van der Waals surface area contributed by atoms with Crippen LogP contribution in [-0.2, 0) is 6.42 Å². The number of nitrogens with zero attached hydrogens (tertiary/aromatic N) is 1. The predicted octanol–water partition coefficient (Wildman–Crippen LogP) is 2.48. The van der Waals surface area contributed by atoms with Gasteiger partial charge in [-0.2, -0.15) is 0 Å². The monoisotopic (exact) mass is 254 g/mol. The molecule has 3 nitrogen and oxygen atoms in total. The van der Waals surface area contributed by atoms with Crippen LogP contribution in [0, 0.1) is 0 Å². The van der Waals surface area contributed by atoms with Crippen molar-refractivity contribution < 1.29 is 4.42 Å². The number of hydrogen-bond donors (Lipinski definition) is 1. The van der Waals surface area contributed by atoms with E-state index in [1.807, 2.05) is 19.1 Å². The molecule has 0 aliphatic heterocycles. The first kappa shape index (κ1) is 9.68. The minimum Gasteiger partial charge on any atom is -0.442 e. The molecule has 74 valence electrons. The molecule has 0 aliphatic carbocycles. The van der Waals surface area contributed by atoms with Crippen LogP contribution in [0.1, 0.15) is 12.5 Å². The highest BCUT2D eigenvalue weighted by atomic mass is 79.9. The molecule has 2 N–H and O–H groups in total. The number of benzene rings is 1. The maximum absolute atomic E-state index is 5.73. The SMILES string of the molecule is CC(N)Cc1cc(Br)c2ocnc2c1. The van der Waals surface area contributed by atoms with Crippen molar-refractivity contribution in [2.45, 2.75) is 19.4 Å². The molecule has 0 saturated carbocycles. The highest BCUT2D eigenvalue weighted by molar-refractivity contribution is 9.10. The van der Waals surface area contributed by atoms with Crippen molar-refractivity contribution in [1.29, 1.82) is 0 Å². The van der Waals surface area contributed by atoms with E-state index in [4.69, 9.17) is 10.2 Å². The molecule has 1 aromatic heterocycles. The fourth-order valence-corrected chi connectivity index (χ4v) is 2.06. The van der Waals surface area contributed by atoms with E-state index in [-0.39, 0.29) is 6.04 Å². The average Bonchev–Trinajstić information content (AvgIpc) is 2.50. The third kappa shape index (κ3) is 1.81. The van der Waals surface area contributed by atoms with Crippen molar-refractivity contribution in [3.8, 4) is 0 Å². The second kappa shape index (κ2) is 3.71. The number of rotatable bonds is 2. The lowest BCUT2D eigenvalue weighted by atomic mass is 10.1. The average molecular weight is 255 g/mol. The lowest BCUT2D eigenvalue weighted by Gasteiger charge is -2.05. The van der Waals surface area contributed by atoms with Crippen molar-refractivity contribution in [1.82, 2.24) is 4.98 Å². The van der Waals surface area contributed by atoms with E-state index in [0.717, 1.165) is 22.0 Å². The molecule has 1 unspecified atom stereocenters. The van der Waals surface area contributed by atoms with Gasteiger partial charge in [0.1, 0.15) is 5.52 Å². The summed E-state index contributed by atoms with van der Waals surface area (Å²) in [6.45, 7) is 1.99. The summed E-state index contributed by atoms with van der Waals surface area (Å²) in [7, 11) is 0. The van der Waals surface area contributed by atoms with Gasteiger partial charge in [-0.05, 0) is 47.0 Å². The molecule has 0 amide bonds. The number of fused-ring (bicyclic) bond motifs is 1. The lowest BCUT2D eigenvalue weighted by Crippen LogP contribution is -2.17. The number of nitrogens with two attached hydrogens (primary N) is 1. The van der Waals surface area contributed by atoms with Crippen molar-refractivity contribution in [2.24, 2.45) is 5.73 Å². The standard InChI is InChI=1S/C10H11BrN2O/c1-6(12)2-7-3-8(11)10-9(4-7)13-5-14-10/h3-6H,2,12H2,1H3. The smallest absolute Gasteiger partial charge is 0.182 e. The second-order valence-corrected chi connectivity index (χ2v) is 4.31. The van der Waals surface area contributed by atoms with Crippen molar-refractivity contribution in [2.75, 3.05) is 0 Å². The zero-order valence-corrected chi connectivity index (χ0v) is 9.41. The molecule has 0 radical (unpaired) electrons. The topological polar surface area (TPSA) is 52.0 Å². The van der Waals surface area contributed by atoms with Crippen molar-refractivity contribution in [3.05, 3.63) is 28.6 Å². The maximum atomic E-state index is 5.73. The summed E-state index contributed by atoms with van der Waals surface area (Å²) in [5.41, 5.74) is 8.57. The fraction of sp³-hybridized carbons (Fsp3) is 0.300. The van der Waals surface area contributed by atoms with E-state index >= 15 is 0 Å². The lowest BCUT2D eigenvalue weighted by molar-refractivity contribution is 0.600. The summed E-state index contributed by atoms with van der Waals surface area (Å²) < 4.78 is 6.15. The number of halogens is 1. The summed E-state index contributed by atoms with van der Waals surface area (Å²) >= 11 is 3.44. The van der Waals surface area contributed by atoms with Gasteiger partial charge in [0.25, 0.3) is 0 Å². The van der Waals surface area contributed by atoms with Crippen molar-refractivity contribution >= 4 is 27.0 Å². The molecular weight excluding hydrogens is 244 g/mol. The molecule has 1 aromatic carbocycles. The van der Waals surface area contributed by atoms with Gasteiger partial charge >= 0.3 is 0 Å². The molecule has 0 aliphatic rings. The van der Waals surface area contributed by atoms with Crippen LogP contribution in [-0.4, -0.2) is 11.0 Å². The highest BCUT2D eigenvalue weighted by Gasteiger charge is 2.07. The Bertz CT molecular complexity index is 450. The number of hydrogen-bond acceptors (Lipinski definition) is 3. The Balaban J connectivity index is 2.47. The largest absolute Gasteiger partial charge is 0.442 e. The van der Waals surface area contributed by atoms with Crippen LogP contribution < -0.4 is 5.73 Å². The molecule has 2 rings (SSSR count). The van der Waals surface area contributed by atoms with Crippen LogP contribution in [0.15, 0.2) is 27.4 Å². The Labute approximate surface area is 90.4 Å². The zero-order valence-electron chi connectivity index (χ0n) is 7.83. The Hall–Kier alpha value is -0.870. The zero-order chi connectivity index (χ0) is 10.1. The maximum Gasteiger partial charge on any atom is 0.182 e. The fourth-order valence-electron chi connectivity index (χ4n) is 1.47. The van der Waals surface area contributed by atoms with E-state index < -0.39 is 0 Å². The Morgan fingerprint density at radius 1 is 1.57 bits per heavy atom. The molecule has 2 aromatic rings. The summed E-state index contributed by atoms with van der Waals surface area (Å²) in [5, 5.41) is 0. The molecule has 1 atom stereocenters. The van der Waals surface area contributed by atoms with Gasteiger partial charge < -0.3 is 10.2 Å². The van der Waals surface area contributed by atoms with E-state index in [0.29, 0.717) is 0 Å².